The molecule has 0 aliphatic rings. The molecule has 0 spiro atoms. The largest absolute Gasteiger partial charge is 0.496 e. The zero-order valence-corrected chi connectivity index (χ0v) is 8.99. The Morgan fingerprint density at radius 3 is 1.94 bits per heavy atom. The minimum Gasteiger partial charge on any atom is -0.496 e. The first-order valence-electron chi connectivity index (χ1n) is 4.57. The number of ether oxygens (including phenoxy) is 1. The van der Waals surface area contributed by atoms with Gasteiger partial charge in [-0.2, -0.15) is 26.3 Å². The van der Waals surface area contributed by atoms with Gasteiger partial charge in [-0.3, -0.25) is 0 Å². The fourth-order valence-electron chi connectivity index (χ4n) is 1.41. The monoisotopic (exact) mass is 274 g/mol. The van der Waals surface area contributed by atoms with Crippen LogP contribution in [0.3, 0.4) is 0 Å². The second-order valence-corrected chi connectivity index (χ2v) is 3.36. The highest BCUT2D eigenvalue weighted by molar-refractivity contribution is 5.45. The molecule has 0 aliphatic carbocycles. The van der Waals surface area contributed by atoms with Gasteiger partial charge in [-0.1, -0.05) is 0 Å². The molecule has 0 heterocycles. The molecule has 0 amide bonds. The van der Waals surface area contributed by atoms with E-state index in [0.717, 1.165) is 7.11 Å². The smallest absolute Gasteiger partial charge is 0.416 e. The van der Waals surface area contributed by atoms with Gasteiger partial charge in [0.05, 0.1) is 24.8 Å². The quantitative estimate of drug-likeness (QED) is 0.839. The van der Waals surface area contributed by atoms with Gasteiger partial charge in [0.25, 0.3) is 0 Å². The van der Waals surface area contributed by atoms with Gasteiger partial charge in [0.1, 0.15) is 5.75 Å². The molecule has 1 N–H and O–H groups in total. The predicted octanol–water partition coefficient (Wildman–Crippen LogP) is 3.23. The maximum atomic E-state index is 12.6. The summed E-state index contributed by atoms with van der Waals surface area (Å²) >= 11 is 0. The number of hydrogen-bond donors (Lipinski definition) is 1. The van der Waals surface area contributed by atoms with E-state index in [2.05, 4.69) is 4.74 Å². The molecule has 0 saturated heterocycles. The van der Waals surface area contributed by atoms with Crippen LogP contribution in [0.25, 0.3) is 0 Å². The molecule has 0 bridgehead atoms. The highest BCUT2D eigenvalue weighted by Gasteiger charge is 2.39. The zero-order chi connectivity index (χ0) is 14.1. The molecule has 0 unspecified atom stereocenters. The number of hydrogen-bond acceptors (Lipinski definition) is 2. The molecule has 102 valence electrons. The average Bonchev–Trinajstić information content (AvgIpc) is 2.24. The summed E-state index contributed by atoms with van der Waals surface area (Å²) in [6.45, 7) is -1.07. The van der Waals surface area contributed by atoms with E-state index in [0.29, 0.717) is 6.07 Å². The number of benzene rings is 1. The summed E-state index contributed by atoms with van der Waals surface area (Å²) in [6, 6.07) is 0.370. The van der Waals surface area contributed by atoms with E-state index >= 15 is 0 Å². The van der Waals surface area contributed by atoms with Crippen LogP contribution >= 0.6 is 0 Å². The molecule has 1 aromatic rings. The minimum absolute atomic E-state index is 0.0475. The van der Waals surface area contributed by atoms with Crippen LogP contribution in [0.15, 0.2) is 12.1 Å². The second kappa shape index (κ2) is 4.68. The van der Waals surface area contributed by atoms with Crippen molar-refractivity contribution in [1.82, 2.24) is 0 Å². The highest BCUT2D eigenvalue weighted by atomic mass is 19.4. The summed E-state index contributed by atoms with van der Waals surface area (Å²) < 4.78 is 79.5. The Bertz CT molecular complexity index is 435. The van der Waals surface area contributed by atoms with Crippen LogP contribution in [0.4, 0.5) is 26.3 Å². The van der Waals surface area contributed by atoms with E-state index in [1.807, 2.05) is 0 Å². The molecule has 0 radical (unpaired) electrons. The number of aliphatic hydroxyl groups is 1. The first-order valence-corrected chi connectivity index (χ1v) is 4.57. The first-order chi connectivity index (χ1) is 8.11. The Labute approximate surface area is 97.8 Å². The van der Waals surface area contributed by atoms with E-state index < -0.39 is 41.4 Å². The molecule has 0 aromatic heterocycles. The van der Waals surface area contributed by atoms with Crippen molar-refractivity contribution in [3.63, 3.8) is 0 Å². The van der Waals surface area contributed by atoms with Gasteiger partial charge in [0, 0.05) is 5.56 Å². The van der Waals surface area contributed by atoms with E-state index in [1.54, 1.807) is 0 Å². The number of methoxy groups -OCH3 is 1. The van der Waals surface area contributed by atoms with E-state index in [9.17, 15) is 26.3 Å². The number of aliphatic hydroxyl groups excluding tert-OH is 1. The summed E-state index contributed by atoms with van der Waals surface area (Å²) in [7, 11) is 0.925. The summed E-state index contributed by atoms with van der Waals surface area (Å²) in [5.41, 5.74) is -3.77. The molecule has 2 nitrogen and oxygen atoms in total. The highest BCUT2D eigenvalue weighted by Crippen LogP contribution is 2.41. The Hall–Kier alpha value is -1.44. The van der Waals surface area contributed by atoms with Gasteiger partial charge in [-0.05, 0) is 12.1 Å². The van der Waals surface area contributed by atoms with Crippen molar-refractivity contribution < 1.29 is 36.2 Å². The normalized spacial score (nSPS) is 12.7. The molecule has 0 atom stereocenters. The fraction of sp³-hybridized carbons (Fsp3) is 0.400. The van der Waals surface area contributed by atoms with Crippen LogP contribution in [0.2, 0.25) is 0 Å². The molecular formula is C10H8F6O2. The standard InChI is InChI=1S/C10H8F6O2/c1-18-8-3-5(9(11,12)13)2-7(6(8)4-17)10(14,15)16/h2-3,17H,4H2,1H3. The van der Waals surface area contributed by atoms with Crippen molar-refractivity contribution in [3.8, 4) is 5.75 Å². The van der Waals surface area contributed by atoms with Gasteiger partial charge in [0.2, 0.25) is 0 Å². The summed E-state index contributed by atoms with van der Waals surface area (Å²) in [5.74, 6) is -0.653. The Morgan fingerprint density at radius 1 is 1.06 bits per heavy atom. The maximum absolute atomic E-state index is 12.6. The number of alkyl halides is 6. The Kier molecular flexibility index (Phi) is 3.80. The third-order valence-corrected chi connectivity index (χ3v) is 2.22. The summed E-state index contributed by atoms with van der Waals surface area (Å²) in [6.07, 6.45) is -9.94. The minimum atomic E-state index is -5.01. The third-order valence-electron chi connectivity index (χ3n) is 2.22. The number of rotatable bonds is 2. The van der Waals surface area contributed by atoms with Crippen molar-refractivity contribution >= 4 is 0 Å². The molecule has 0 aliphatic heterocycles. The van der Waals surface area contributed by atoms with Crippen LogP contribution in [-0.2, 0) is 19.0 Å². The first kappa shape index (κ1) is 14.6. The van der Waals surface area contributed by atoms with E-state index in [4.69, 9.17) is 5.11 Å². The zero-order valence-electron chi connectivity index (χ0n) is 8.99. The lowest BCUT2D eigenvalue weighted by atomic mass is 10.0. The topological polar surface area (TPSA) is 29.5 Å². The third kappa shape index (κ3) is 2.87. The van der Waals surface area contributed by atoms with Crippen molar-refractivity contribution in [3.05, 3.63) is 28.8 Å². The molecule has 0 saturated carbocycles. The molecule has 18 heavy (non-hydrogen) atoms. The average molecular weight is 274 g/mol. The van der Waals surface area contributed by atoms with E-state index in [-0.39, 0.29) is 6.07 Å². The van der Waals surface area contributed by atoms with Gasteiger partial charge < -0.3 is 9.84 Å². The number of halogens is 6. The molecule has 8 heteroatoms. The van der Waals surface area contributed by atoms with Gasteiger partial charge in [-0.25, -0.2) is 0 Å². The molecular weight excluding hydrogens is 266 g/mol. The van der Waals surface area contributed by atoms with Gasteiger partial charge >= 0.3 is 12.4 Å². The molecule has 1 rings (SSSR count). The molecule has 0 fully saturated rings. The lowest BCUT2D eigenvalue weighted by Crippen LogP contribution is -2.14. The molecule has 1 aromatic carbocycles. The van der Waals surface area contributed by atoms with Crippen LogP contribution in [-0.4, -0.2) is 12.2 Å². The Balaban J connectivity index is 3.57. The van der Waals surface area contributed by atoms with Crippen molar-refractivity contribution in [1.29, 1.82) is 0 Å². The maximum Gasteiger partial charge on any atom is 0.416 e. The van der Waals surface area contributed by atoms with Crippen LogP contribution in [0, 0.1) is 0 Å². The van der Waals surface area contributed by atoms with E-state index in [1.165, 1.54) is 0 Å². The second-order valence-electron chi connectivity index (χ2n) is 3.36. The van der Waals surface area contributed by atoms with Crippen molar-refractivity contribution in [2.24, 2.45) is 0 Å². The predicted molar refractivity (Wildman–Crippen MR) is 48.9 cm³/mol. The Morgan fingerprint density at radius 2 is 1.61 bits per heavy atom. The van der Waals surface area contributed by atoms with Crippen molar-refractivity contribution in [2.45, 2.75) is 19.0 Å². The SMILES string of the molecule is COc1cc(C(F)(F)F)cc(C(F)(F)F)c1CO. The van der Waals surface area contributed by atoms with Crippen LogP contribution in [0.5, 0.6) is 5.75 Å². The van der Waals surface area contributed by atoms with Gasteiger partial charge in [0.15, 0.2) is 0 Å². The lowest BCUT2D eigenvalue weighted by molar-refractivity contribution is -0.144. The summed E-state index contributed by atoms with van der Waals surface area (Å²) in [5, 5.41) is 8.83. The van der Waals surface area contributed by atoms with Gasteiger partial charge in [-0.15, -0.1) is 0 Å². The van der Waals surface area contributed by atoms with Crippen molar-refractivity contribution in [2.75, 3.05) is 7.11 Å². The fourth-order valence-corrected chi connectivity index (χ4v) is 1.41. The lowest BCUT2D eigenvalue weighted by Gasteiger charge is -2.17. The van der Waals surface area contributed by atoms with Crippen LogP contribution < -0.4 is 4.74 Å². The summed E-state index contributed by atoms with van der Waals surface area (Å²) in [4.78, 5) is 0. The van der Waals surface area contributed by atoms with Crippen LogP contribution in [0.1, 0.15) is 16.7 Å².